The Morgan fingerprint density at radius 1 is 1.07 bits per heavy atom. The summed E-state index contributed by atoms with van der Waals surface area (Å²) in [7, 11) is 0. The smallest absolute Gasteiger partial charge is 0.344 e. The van der Waals surface area contributed by atoms with Crippen molar-refractivity contribution in [3.63, 3.8) is 0 Å². The third kappa shape index (κ3) is 4.60. The van der Waals surface area contributed by atoms with Crippen molar-refractivity contribution in [1.82, 2.24) is 0 Å². The van der Waals surface area contributed by atoms with Crippen LogP contribution >= 0.6 is 0 Å². The zero-order valence-corrected chi connectivity index (χ0v) is 16.6. The molecule has 0 saturated carbocycles. The van der Waals surface area contributed by atoms with Gasteiger partial charge in [-0.2, -0.15) is 0 Å². The number of benzene rings is 2. The van der Waals surface area contributed by atoms with E-state index in [2.05, 4.69) is 0 Å². The van der Waals surface area contributed by atoms with Crippen LogP contribution in [0.3, 0.4) is 0 Å². The lowest BCUT2D eigenvalue weighted by molar-refractivity contribution is -0.157. The van der Waals surface area contributed by atoms with Crippen LogP contribution in [0, 0.1) is 0 Å². The summed E-state index contributed by atoms with van der Waals surface area (Å²) in [6.45, 7) is 7.20. The molecule has 1 heterocycles. The van der Waals surface area contributed by atoms with Gasteiger partial charge in [0.25, 0.3) is 0 Å². The molecule has 5 nitrogen and oxygen atoms in total. The first-order valence-corrected chi connectivity index (χ1v) is 9.27. The molecule has 2 aromatic carbocycles. The Morgan fingerprint density at radius 2 is 1.79 bits per heavy atom. The highest BCUT2D eigenvalue weighted by atomic mass is 16.6. The maximum absolute atomic E-state index is 12.1. The van der Waals surface area contributed by atoms with Gasteiger partial charge in [-0.3, -0.25) is 0 Å². The first-order valence-electron chi connectivity index (χ1n) is 9.27. The molecule has 3 rings (SSSR count). The van der Waals surface area contributed by atoms with Crippen molar-refractivity contribution in [3.05, 3.63) is 64.5 Å². The molecule has 0 bridgehead atoms. The third-order valence-corrected chi connectivity index (χ3v) is 4.16. The number of rotatable bonds is 5. The quantitative estimate of drug-likeness (QED) is 0.472. The Balaban J connectivity index is 2.00. The molecular formula is C23H24O5. The Bertz CT molecular complexity index is 1040. The Kier molecular flexibility index (Phi) is 5.54. The molecule has 0 aliphatic carbocycles. The zero-order chi connectivity index (χ0) is 20.3. The Morgan fingerprint density at radius 3 is 2.43 bits per heavy atom. The molecule has 0 N–H and O–H groups in total. The average Bonchev–Trinajstić information content (AvgIpc) is 2.64. The maximum Gasteiger partial charge on any atom is 0.344 e. The predicted octanol–water partition coefficient (Wildman–Crippen LogP) is 4.74. The fourth-order valence-electron chi connectivity index (χ4n) is 3.01. The van der Waals surface area contributed by atoms with Gasteiger partial charge >= 0.3 is 11.6 Å². The third-order valence-electron chi connectivity index (χ3n) is 4.16. The van der Waals surface area contributed by atoms with Crippen molar-refractivity contribution in [2.45, 2.75) is 39.7 Å². The molecule has 146 valence electrons. The van der Waals surface area contributed by atoms with E-state index in [1.165, 1.54) is 6.07 Å². The topological polar surface area (TPSA) is 65.7 Å². The van der Waals surface area contributed by atoms with Crippen LogP contribution in [-0.4, -0.2) is 18.2 Å². The summed E-state index contributed by atoms with van der Waals surface area (Å²) in [5.41, 5.74) is 2.07. The van der Waals surface area contributed by atoms with Crippen LogP contribution < -0.4 is 10.4 Å². The summed E-state index contributed by atoms with van der Waals surface area (Å²) < 4.78 is 16.4. The van der Waals surface area contributed by atoms with Crippen molar-refractivity contribution >= 4 is 16.9 Å². The van der Waals surface area contributed by atoms with Crippen molar-refractivity contribution in [3.8, 4) is 16.9 Å². The van der Waals surface area contributed by atoms with Gasteiger partial charge in [-0.05, 0) is 49.9 Å². The fourth-order valence-corrected chi connectivity index (χ4v) is 3.01. The molecule has 28 heavy (non-hydrogen) atoms. The summed E-state index contributed by atoms with van der Waals surface area (Å²) in [6.07, 6.45) is 0.701. The molecule has 0 aliphatic heterocycles. The lowest BCUT2D eigenvalue weighted by Crippen LogP contribution is -2.27. The molecule has 3 aromatic rings. The normalized spacial score (nSPS) is 11.4. The zero-order valence-electron chi connectivity index (χ0n) is 16.6. The number of esters is 1. The van der Waals surface area contributed by atoms with E-state index in [0.717, 1.165) is 22.1 Å². The van der Waals surface area contributed by atoms with E-state index in [-0.39, 0.29) is 6.61 Å². The van der Waals surface area contributed by atoms with Crippen LogP contribution in [-0.2, 0) is 16.0 Å². The largest absolute Gasteiger partial charge is 0.481 e. The van der Waals surface area contributed by atoms with E-state index in [1.807, 2.05) is 43.3 Å². The highest BCUT2D eigenvalue weighted by Gasteiger charge is 2.18. The molecule has 0 radical (unpaired) electrons. The fraction of sp³-hybridized carbons (Fsp3) is 0.304. The SMILES string of the molecule is CCc1cc2c(-c3ccccc3)cc(=O)oc2cc1OCC(=O)OC(C)(C)C. The second kappa shape index (κ2) is 7.89. The summed E-state index contributed by atoms with van der Waals surface area (Å²) in [5, 5.41) is 0.826. The summed E-state index contributed by atoms with van der Waals surface area (Å²) >= 11 is 0. The Hall–Kier alpha value is -3.08. The number of aryl methyl sites for hydroxylation is 1. The number of hydrogen-bond acceptors (Lipinski definition) is 5. The van der Waals surface area contributed by atoms with Crippen LogP contribution in [0.25, 0.3) is 22.1 Å². The highest BCUT2D eigenvalue weighted by Crippen LogP contribution is 2.32. The van der Waals surface area contributed by atoms with Gasteiger partial charge in [0.2, 0.25) is 0 Å². The first kappa shape index (κ1) is 19.7. The molecule has 0 atom stereocenters. The monoisotopic (exact) mass is 380 g/mol. The summed E-state index contributed by atoms with van der Waals surface area (Å²) in [4.78, 5) is 24.1. The van der Waals surface area contributed by atoms with Gasteiger partial charge in [-0.1, -0.05) is 37.3 Å². The van der Waals surface area contributed by atoms with Gasteiger partial charge in [0.1, 0.15) is 16.9 Å². The minimum atomic E-state index is -0.575. The standard InChI is InChI=1S/C23H24O5/c1-5-15-11-18-17(16-9-7-6-8-10-16)12-21(24)27-20(18)13-19(15)26-14-22(25)28-23(2,3)4/h6-13H,5,14H2,1-4H3. The molecule has 0 aliphatic rings. The van der Waals surface area contributed by atoms with E-state index >= 15 is 0 Å². The molecule has 0 unspecified atom stereocenters. The van der Waals surface area contributed by atoms with Crippen LogP contribution in [0.5, 0.6) is 5.75 Å². The van der Waals surface area contributed by atoms with E-state index in [9.17, 15) is 9.59 Å². The molecule has 0 amide bonds. The number of hydrogen-bond donors (Lipinski definition) is 0. The van der Waals surface area contributed by atoms with Crippen LogP contribution in [0.4, 0.5) is 0 Å². The number of carbonyl (C=O) groups excluding carboxylic acids is 1. The average molecular weight is 380 g/mol. The predicted molar refractivity (Wildman–Crippen MR) is 109 cm³/mol. The van der Waals surface area contributed by atoms with Crippen molar-refractivity contribution in [2.24, 2.45) is 0 Å². The number of carbonyl (C=O) groups is 1. The molecule has 0 saturated heterocycles. The summed E-state index contributed by atoms with van der Waals surface area (Å²) in [6, 6.07) is 14.8. The van der Waals surface area contributed by atoms with Crippen LogP contribution in [0.2, 0.25) is 0 Å². The van der Waals surface area contributed by atoms with Gasteiger partial charge in [0.15, 0.2) is 6.61 Å². The van der Waals surface area contributed by atoms with E-state index in [1.54, 1.807) is 26.8 Å². The van der Waals surface area contributed by atoms with E-state index in [4.69, 9.17) is 13.9 Å². The molecule has 1 aromatic heterocycles. The van der Waals surface area contributed by atoms with Crippen LogP contribution in [0.1, 0.15) is 33.3 Å². The van der Waals surface area contributed by atoms with Crippen LogP contribution in [0.15, 0.2) is 57.7 Å². The highest BCUT2D eigenvalue weighted by molar-refractivity contribution is 5.94. The van der Waals surface area contributed by atoms with Gasteiger partial charge in [-0.15, -0.1) is 0 Å². The van der Waals surface area contributed by atoms with E-state index in [0.29, 0.717) is 17.8 Å². The van der Waals surface area contributed by atoms with Crippen molar-refractivity contribution in [2.75, 3.05) is 6.61 Å². The second-order valence-electron chi connectivity index (χ2n) is 7.53. The number of ether oxygens (including phenoxy) is 2. The van der Waals surface area contributed by atoms with Gasteiger partial charge < -0.3 is 13.9 Å². The maximum atomic E-state index is 12.1. The lowest BCUT2D eigenvalue weighted by atomic mass is 9.99. The van der Waals surface area contributed by atoms with Crippen molar-refractivity contribution < 1.29 is 18.7 Å². The van der Waals surface area contributed by atoms with Gasteiger partial charge in [-0.25, -0.2) is 9.59 Å². The lowest BCUT2D eigenvalue weighted by Gasteiger charge is -2.20. The summed E-state index contributed by atoms with van der Waals surface area (Å²) in [5.74, 6) is 0.0587. The Labute approximate surface area is 163 Å². The molecule has 0 fully saturated rings. The molecule has 0 spiro atoms. The minimum Gasteiger partial charge on any atom is -0.481 e. The van der Waals surface area contributed by atoms with Gasteiger partial charge in [0, 0.05) is 17.5 Å². The first-order chi connectivity index (χ1) is 13.3. The van der Waals surface area contributed by atoms with Gasteiger partial charge in [0.05, 0.1) is 0 Å². The molecular weight excluding hydrogens is 356 g/mol. The molecule has 5 heteroatoms. The van der Waals surface area contributed by atoms with Crippen molar-refractivity contribution in [1.29, 1.82) is 0 Å². The van der Waals surface area contributed by atoms with E-state index < -0.39 is 17.2 Å². The number of fused-ring (bicyclic) bond motifs is 1. The second-order valence-corrected chi connectivity index (χ2v) is 7.53. The minimum absolute atomic E-state index is 0.210.